The smallest absolute Gasteiger partial charge is 0.381 e. The van der Waals surface area contributed by atoms with Crippen molar-refractivity contribution in [3.63, 3.8) is 0 Å². The van der Waals surface area contributed by atoms with Gasteiger partial charge in [0.25, 0.3) is 0 Å². The van der Waals surface area contributed by atoms with Crippen molar-refractivity contribution in [3.05, 3.63) is 0 Å². The molecule has 22 heavy (non-hydrogen) atoms. The summed E-state index contributed by atoms with van der Waals surface area (Å²) in [6.07, 6.45) is -1.25. The zero-order valence-corrected chi connectivity index (χ0v) is 13.6. The standard InChI is InChI=1S/C18H27F3O/c1-8-9(2)13-6-12(8)15-10-4-11(14(5-10)16(13)15)7-17(3,22)18(19,20)21/h8-16,22H,4-7H2,1-3H3. The lowest BCUT2D eigenvalue weighted by Crippen LogP contribution is -2.46. The van der Waals surface area contributed by atoms with Gasteiger partial charge in [-0.1, -0.05) is 13.8 Å². The Balaban J connectivity index is 1.53. The average Bonchev–Trinajstić information content (AvgIpc) is 3.07. The molecule has 0 saturated heterocycles. The summed E-state index contributed by atoms with van der Waals surface area (Å²) < 4.78 is 39.0. The fourth-order valence-corrected chi connectivity index (χ4v) is 7.22. The first-order valence-corrected chi connectivity index (χ1v) is 8.91. The first-order chi connectivity index (χ1) is 10.1. The van der Waals surface area contributed by atoms with E-state index in [1.54, 1.807) is 0 Å². The van der Waals surface area contributed by atoms with Gasteiger partial charge >= 0.3 is 6.18 Å². The van der Waals surface area contributed by atoms with Crippen LogP contribution in [0.25, 0.3) is 0 Å². The van der Waals surface area contributed by atoms with Crippen molar-refractivity contribution < 1.29 is 18.3 Å². The molecule has 0 aromatic carbocycles. The molecule has 4 fully saturated rings. The number of hydrogen-bond donors (Lipinski definition) is 1. The summed E-state index contributed by atoms with van der Waals surface area (Å²) in [5.74, 6) is 5.67. The fraction of sp³-hybridized carbons (Fsp3) is 1.00. The van der Waals surface area contributed by atoms with Crippen molar-refractivity contribution in [3.8, 4) is 0 Å². The molecule has 1 N–H and O–H groups in total. The van der Waals surface area contributed by atoms with E-state index >= 15 is 0 Å². The Morgan fingerprint density at radius 3 is 2.09 bits per heavy atom. The lowest BCUT2D eigenvalue weighted by Gasteiger charge is -2.44. The van der Waals surface area contributed by atoms with Crippen LogP contribution < -0.4 is 0 Å². The van der Waals surface area contributed by atoms with Crippen molar-refractivity contribution >= 4 is 0 Å². The molecule has 0 amide bonds. The maximum absolute atomic E-state index is 13.0. The SMILES string of the molecule is CC1C(C)C2CC1C1C3CC(CC(C)(O)C(F)(F)F)C(C3)C21. The van der Waals surface area contributed by atoms with Crippen LogP contribution in [0.1, 0.15) is 46.5 Å². The van der Waals surface area contributed by atoms with E-state index in [4.69, 9.17) is 0 Å². The molecule has 4 heteroatoms. The maximum atomic E-state index is 13.0. The molecule has 4 bridgehead atoms. The third-order valence-corrected chi connectivity index (χ3v) is 8.25. The highest BCUT2D eigenvalue weighted by atomic mass is 19.4. The second-order valence-electron chi connectivity index (χ2n) is 9.07. The van der Waals surface area contributed by atoms with Gasteiger partial charge in [-0.2, -0.15) is 13.2 Å². The molecule has 126 valence electrons. The van der Waals surface area contributed by atoms with Crippen molar-refractivity contribution in [1.29, 1.82) is 0 Å². The molecule has 4 rings (SSSR count). The number of halogens is 3. The Morgan fingerprint density at radius 1 is 0.909 bits per heavy atom. The Kier molecular flexibility index (Phi) is 3.08. The van der Waals surface area contributed by atoms with Crippen molar-refractivity contribution in [2.75, 3.05) is 0 Å². The summed E-state index contributed by atoms with van der Waals surface area (Å²) in [6, 6.07) is 0. The van der Waals surface area contributed by atoms with Crippen molar-refractivity contribution in [2.45, 2.75) is 58.2 Å². The fourth-order valence-electron chi connectivity index (χ4n) is 7.22. The quantitative estimate of drug-likeness (QED) is 0.744. The van der Waals surface area contributed by atoms with E-state index < -0.39 is 11.8 Å². The Morgan fingerprint density at radius 2 is 1.50 bits per heavy atom. The van der Waals surface area contributed by atoms with Gasteiger partial charge in [0.05, 0.1) is 0 Å². The first-order valence-electron chi connectivity index (χ1n) is 8.91. The summed E-state index contributed by atoms with van der Waals surface area (Å²) in [5, 5.41) is 9.88. The molecule has 0 heterocycles. The normalized spacial score (nSPS) is 55.5. The monoisotopic (exact) mass is 316 g/mol. The minimum absolute atomic E-state index is 0.0738. The van der Waals surface area contributed by atoms with Gasteiger partial charge in [-0.15, -0.1) is 0 Å². The number of fused-ring (bicyclic) bond motifs is 9. The Labute approximate surface area is 130 Å². The van der Waals surface area contributed by atoms with Crippen LogP contribution in [0.3, 0.4) is 0 Å². The minimum atomic E-state index is -4.51. The summed E-state index contributed by atoms with van der Waals surface area (Å²) in [7, 11) is 0. The summed E-state index contributed by atoms with van der Waals surface area (Å²) in [5.41, 5.74) is -2.52. The van der Waals surface area contributed by atoms with Gasteiger partial charge in [-0.25, -0.2) is 0 Å². The summed E-state index contributed by atoms with van der Waals surface area (Å²) in [6.45, 7) is 5.68. The van der Waals surface area contributed by atoms with Gasteiger partial charge < -0.3 is 5.11 Å². The van der Waals surface area contributed by atoms with Crippen LogP contribution in [-0.2, 0) is 0 Å². The molecule has 4 aliphatic rings. The molecular weight excluding hydrogens is 289 g/mol. The molecule has 1 nitrogen and oxygen atoms in total. The highest BCUT2D eigenvalue weighted by Gasteiger charge is 2.66. The van der Waals surface area contributed by atoms with Crippen LogP contribution in [0, 0.1) is 53.3 Å². The lowest BCUT2D eigenvalue weighted by molar-refractivity contribution is -0.260. The van der Waals surface area contributed by atoms with E-state index in [9.17, 15) is 18.3 Å². The molecule has 4 saturated carbocycles. The number of alkyl halides is 3. The third-order valence-electron chi connectivity index (χ3n) is 8.25. The minimum Gasteiger partial charge on any atom is -0.381 e. The van der Waals surface area contributed by atoms with Gasteiger partial charge in [-0.3, -0.25) is 0 Å². The van der Waals surface area contributed by atoms with Crippen LogP contribution in [0.2, 0.25) is 0 Å². The van der Waals surface area contributed by atoms with Gasteiger partial charge in [-0.05, 0) is 85.9 Å². The van der Waals surface area contributed by atoms with Crippen LogP contribution in [0.15, 0.2) is 0 Å². The van der Waals surface area contributed by atoms with Crippen molar-refractivity contribution in [2.24, 2.45) is 53.3 Å². The molecule has 10 atom stereocenters. The van der Waals surface area contributed by atoms with E-state index in [2.05, 4.69) is 13.8 Å². The molecule has 0 spiro atoms. The van der Waals surface area contributed by atoms with Gasteiger partial charge in [0, 0.05) is 0 Å². The second-order valence-corrected chi connectivity index (χ2v) is 9.07. The largest absolute Gasteiger partial charge is 0.416 e. The van der Waals surface area contributed by atoms with E-state index in [1.807, 2.05) is 0 Å². The number of rotatable bonds is 2. The number of aliphatic hydroxyl groups is 1. The molecule has 10 unspecified atom stereocenters. The molecule has 0 aliphatic heterocycles. The first kappa shape index (κ1) is 15.3. The van der Waals surface area contributed by atoms with Gasteiger partial charge in [0.2, 0.25) is 0 Å². The Bertz CT molecular complexity index is 471. The number of hydrogen-bond acceptors (Lipinski definition) is 1. The second kappa shape index (κ2) is 4.43. The molecular formula is C18H27F3O. The maximum Gasteiger partial charge on any atom is 0.416 e. The van der Waals surface area contributed by atoms with Gasteiger partial charge in [0.15, 0.2) is 5.60 Å². The molecule has 4 aliphatic carbocycles. The third kappa shape index (κ3) is 1.82. The zero-order valence-electron chi connectivity index (χ0n) is 13.6. The van der Waals surface area contributed by atoms with Crippen molar-refractivity contribution in [1.82, 2.24) is 0 Å². The highest BCUT2D eigenvalue weighted by Crippen LogP contribution is 2.72. The Hall–Kier alpha value is -0.250. The van der Waals surface area contributed by atoms with Gasteiger partial charge in [0.1, 0.15) is 0 Å². The van der Waals surface area contributed by atoms with E-state index in [-0.39, 0.29) is 12.3 Å². The lowest BCUT2D eigenvalue weighted by atomic mass is 9.61. The van der Waals surface area contributed by atoms with Crippen LogP contribution in [-0.4, -0.2) is 16.9 Å². The van der Waals surface area contributed by atoms with Crippen LogP contribution >= 0.6 is 0 Å². The molecule has 0 aromatic heterocycles. The van der Waals surface area contributed by atoms with E-state index in [0.29, 0.717) is 17.8 Å². The van der Waals surface area contributed by atoms with E-state index in [0.717, 1.165) is 49.4 Å². The predicted molar refractivity (Wildman–Crippen MR) is 77.9 cm³/mol. The zero-order chi connectivity index (χ0) is 16.0. The predicted octanol–water partition coefficient (Wildman–Crippen LogP) is 4.50. The summed E-state index contributed by atoms with van der Waals surface area (Å²) in [4.78, 5) is 0. The van der Waals surface area contributed by atoms with Crippen LogP contribution in [0.4, 0.5) is 13.2 Å². The average molecular weight is 316 g/mol. The highest BCUT2D eigenvalue weighted by molar-refractivity contribution is 5.14. The molecule has 0 aromatic rings. The van der Waals surface area contributed by atoms with E-state index in [1.165, 1.54) is 6.42 Å². The summed E-state index contributed by atoms with van der Waals surface area (Å²) >= 11 is 0. The molecule has 0 radical (unpaired) electrons. The van der Waals surface area contributed by atoms with Crippen LogP contribution in [0.5, 0.6) is 0 Å². The topological polar surface area (TPSA) is 20.2 Å².